The maximum absolute atomic E-state index is 5.63. The van der Waals surface area contributed by atoms with Gasteiger partial charge in [-0.05, 0) is 32.4 Å². The number of methoxy groups -OCH3 is 1. The molecule has 0 radical (unpaired) electrons. The van der Waals surface area contributed by atoms with E-state index in [9.17, 15) is 0 Å². The number of aromatic amines is 1. The van der Waals surface area contributed by atoms with Crippen molar-refractivity contribution in [2.45, 2.75) is 32.9 Å². The van der Waals surface area contributed by atoms with Gasteiger partial charge in [0.2, 0.25) is 0 Å². The largest absolute Gasteiger partial charge is 1.00 e. The van der Waals surface area contributed by atoms with Crippen molar-refractivity contribution in [3.63, 3.8) is 0 Å². The van der Waals surface area contributed by atoms with Gasteiger partial charge in [0.05, 0.1) is 19.1 Å². The molecule has 0 atom stereocenters. The van der Waals surface area contributed by atoms with Gasteiger partial charge >= 0.3 is 5.95 Å². The summed E-state index contributed by atoms with van der Waals surface area (Å²) < 4.78 is 7.81. The summed E-state index contributed by atoms with van der Waals surface area (Å²) in [6.07, 6.45) is 3.31. The monoisotopic (exact) mass is 409 g/mol. The second-order valence-electron chi connectivity index (χ2n) is 5.95. The van der Waals surface area contributed by atoms with Crippen LogP contribution in [0.25, 0.3) is 17.0 Å². The Hall–Kier alpha value is -1.37. The van der Waals surface area contributed by atoms with Gasteiger partial charge in [-0.3, -0.25) is 0 Å². The van der Waals surface area contributed by atoms with Gasteiger partial charge in [-0.15, -0.1) is 0 Å². The summed E-state index contributed by atoms with van der Waals surface area (Å²) in [5.41, 5.74) is 5.53. The second kappa shape index (κ2) is 9.53. The quantitative estimate of drug-likeness (QED) is 0.367. The number of halogens is 1. The van der Waals surface area contributed by atoms with Crippen LogP contribution in [-0.2, 0) is 5.75 Å². The number of ether oxygens (including phenoxy) is 1. The first kappa shape index (κ1) is 20.9. The Bertz CT molecular complexity index is 850. The van der Waals surface area contributed by atoms with Crippen LogP contribution in [0.2, 0.25) is 0 Å². The Balaban J connectivity index is 0.00000243. The highest BCUT2D eigenvalue weighted by Crippen LogP contribution is 2.31. The van der Waals surface area contributed by atoms with Gasteiger partial charge in [-0.25, -0.2) is 9.55 Å². The van der Waals surface area contributed by atoms with Crippen molar-refractivity contribution in [1.82, 2.24) is 9.97 Å². The number of hydrogen-bond donors (Lipinski definition) is 1. The van der Waals surface area contributed by atoms with E-state index in [0.29, 0.717) is 0 Å². The third-order valence-corrected chi connectivity index (χ3v) is 6.61. The molecule has 0 aliphatic heterocycles. The Morgan fingerprint density at radius 2 is 1.96 bits per heavy atom. The van der Waals surface area contributed by atoms with Gasteiger partial charge in [-0.1, -0.05) is 45.6 Å². The summed E-state index contributed by atoms with van der Waals surface area (Å²) in [5.74, 6) is 3.89. The van der Waals surface area contributed by atoms with Gasteiger partial charge in [0.25, 0.3) is 0 Å². The van der Waals surface area contributed by atoms with E-state index in [0.717, 1.165) is 39.8 Å². The van der Waals surface area contributed by atoms with Crippen LogP contribution >= 0.6 is 21.6 Å². The molecule has 26 heavy (non-hydrogen) atoms. The van der Waals surface area contributed by atoms with Crippen molar-refractivity contribution < 1.29 is 21.7 Å². The van der Waals surface area contributed by atoms with Crippen molar-refractivity contribution in [2.24, 2.45) is 0 Å². The number of fused-ring (bicyclic) bond motifs is 1. The van der Waals surface area contributed by atoms with Crippen LogP contribution < -0.4 is 21.7 Å². The number of aryl methyl sites for hydroxylation is 1. The highest BCUT2D eigenvalue weighted by molar-refractivity contribution is 8.76. The molecule has 7 heteroatoms. The molecule has 0 aliphatic carbocycles. The SMILES string of the molecule is CCCSSCc1c(C)c(OC)c(C)c[n+]1-c1nc2ccccc2[nH]1.[Cl-]. The number of rotatable bonds is 7. The Labute approximate surface area is 168 Å². The Kier molecular flexibility index (Phi) is 7.68. The number of nitrogens with zero attached hydrogens (tertiary/aromatic N) is 2. The molecule has 2 heterocycles. The fourth-order valence-electron chi connectivity index (χ4n) is 2.91. The number of para-hydroxylation sites is 2. The van der Waals surface area contributed by atoms with E-state index in [1.807, 2.05) is 39.8 Å². The molecule has 1 aromatic carbocycles. The molecular formula is C19H24ClN3OS2. The van der Waals surface area contributed by atoms with Crippen LogP contribution in [0.4, 0.5) is 0 Å². The summed E-state index contributed by atoms with van der Waals surface area (Å²) in [5, 5.41) is 0. The van der Waals surface area contributed by atoms with Gasteiger partial charge in [-0.2, -0.15) is 0 Å². The number of benzene rings is 1. The van der Waals surface area contributed by atoms with Gasteiger partial charge in [0.1, 0.15) is 17.0 Å². The van der Waals surface area contributed by atoms with Crippen molar-refractivity contribution in [2.75, 3.05) is 12.9 Å². The average molecular weight is 410 g/mol. The first-order valence-corrected chi connectivity index (χ1v) is 10.9. The summed E-state index contributed by atoms with van der Waals surface area (Å²) >= 11 is 0. The maximum atomic E-state index is 5.63. The van der Waals surface area contributed by atoms with Crippen LogP contribution in [0, 0.1) is 13.8 Å². The number of hydrogen-bond acceptors (Lipinski definition) is 4. The van der Waals surface area contributed by atoms with Crippen LogP contribution in [-0.4, -0.2) is 22.8 Å². The van der Waals surface area contributed by atoms with Crippen LogP contribution in [0.5, 0.6) is 5.75 Å². The highest BCUT2D eigenvalue weighted by atomic mass is 35.5. The lowest BCUT2D eigenvalue weighted by atomic mass is 10.1. The molecule has 2 aromatic heterocycles. The molecule has 0 spiro atoms. The summed E-state index contributed by atoms with van der Waals surface area (Å²) in [6, 6.07) is 8.13. The molecule has 140 valence electrons. The van der Waals surface area contributed by atoms with E-state index < -0.39 is 0 Å². The zero-order valence-corrected chi connectivity index (χ0v) is 17.9. The molecule has 1 N–H and O–H groups in total. The van der Waals surface area contributed by atoms with E-state index >= 15 is 0 Å². The summed E-state index contributed by atoms with van der Waals surface area (Å²) in [4.78, 5) is 8.22. The molecule has 3 rings (SSSR count). The lowest BCUT2D eigenvalue weighted by molar-refractivity contribution is -0.611. The van der Waals surface area contributed by atoms with Gasteiger partial charge in [0, 0.05) is 16.9 Å². The van der Waals surface area contributed by atoms with Crippen molar-refractivity contribution in [3.8, 4) is 11.7 Å². The van der Waals surface area contributed by atoms with E-state index in [4.69, 9.17) is 9.72 Å². The maximum Gasteiger partial charge on any atom is 0.402 e. The van der Waals surface area contributed by atoms with Crippen molar-refractivity contribution in [1.29, 1.82) is 0 Å². The molecule has 0 fully saturated rings. The fraction of sp³-hybridized carbons (Fsp3) is 0.368. The van der Waals surface area contributed by atoms with Crippen molar-refractivity contribution >= 4 is 32.6 Å². The fourth-order valence-corrected chi connectivity index (χ4v) is 5.19. The highest BCUT2D eigenvalue weighted by Gasteiger charge is 2.22. The molecule has 0 saturated heterocycles. The van der Waals surface area contributed by atoms with Gasteiger partial charge < -0.3 is 17.1 Å². The molecular weight excluding hydrogens is 386 g/mol. The third kappa shape index (κ3) is 4.30. The number of aromatic nitrogens is 3. The zero-order valence-electron chi connectivity index (χ0n) is 15.5. The minimum atomic E-state index is 0. The molecule has 0 bridgehead atoms. The van der Waals surface area contributed by atoms with Crippen molar-refractivity contribution in [3.05, 3.63) is 47.3 Å². The third-order valence-electron chi connectivity index (χ3n) is 4.12. The Morgan fingerprint density at radius 1 is 1.19 bits per heavy atom. The molecule has 0 saturated carbocycles. The van der Waals surface area contributed by atoms with Crippen LogP contribution in [0.3, 0.4) is 0 Å². The van der Waals surface area contributed by atoms with E-state index in [-0.39, 0.29) is 12.4 Å². The average Bonchev–Trinajstić information content (AvgIpc) is 3.04. The lowest BCUT2D eigenvalue weighted by Crippen LogP contribution is -3.00. The van der Waals surface area contributed by atoms with Gasteiger partial charge in [0.15, 0.2) is 5.52 Å². The number of pyridine rings is 1. The van der Waals surface area contributed by atoms with E-state index in [1.54, 1.807) is 7.11 Å². The molecule has 0 amide bonds. The molecule has 4 nitrogen and oxygen atoms in total. The normalized spacial score (nSPS) is 10.8. The zero-order chi connectivity index (χ0) is 17.8. The van der Waals surface area contributed by atoms with Crippen LogP contribution in [0.15, 0.2) is 30.5 Å². The molecule has 0 aliphatic rings. The molecule has 0 unspecified atom stereocenters. The number of imidazole rings is 1. The van der Waals surface area contributed by atoms with E-state index in [2.05, 4.69) is 42.6 Å². The standard InChI is InChI=1S/C19H24N3OS2.ClH/c1-5-10-24-25-12-17-14(3)18(23-4)13(2)11-22(17)19-20-15-8-6-7-9-16(15)21-19;/h6-9,11H,5,10,12H2,1-4H3,(H,20,21);1H/q+1;/p-1. The van der Waals surface area contributed by atoms with E-state index in [1.165, 1.54) is 17.7 Å². The predicted octanol–water partition coefficient (Wildman–Crippen LogP) is 1.76. The number of H-pyrrole nitrogens is 1. The summed E-state index contributed by atoms with van der Waals surface area (Å²) in [7, 11) is 5.54. The predicted molar refractivity (Wildman–Crippen MR) is 108 cm³/mol. The smallest absolute Gasteiger partial charge is 0.402 e. The minimum Gasteiger partial charge on any atom is -1.00 e. The number of nitrogens with one attached hydrogen (secondary N) is 1. The second-order valence-corrected chi connectivity index (χ2v) is 8.53. The minimum absolute atomic E-state index is 0. The molecule has 3 aromatic rings. The first-order valence-electron chi connectivity index (χ1n) is 8.44. The topological polar surface area (TPSA) is 41.8 Å². The summed E-state index contributed by atoms with van der Waals surface area (Å²) in [6.45, 7) is 6.42. The first-order chi connectivity index (χ1) is 12.2. The lowest BCUT2D eigenvalue weighted by Gasteiger charge is -2.15. The van der Waals surface area contributed by atoms with Crippen LogP contribution in [0.1, 0.15) is 30.2 Å². The Morgan fingerprint density at radius 3 is 2.65 bits per heavy atom.